The lowest BCUT2D eigenvalue weighted by Crippen LogP contribution is -2.32. The van der Waals surface area contributed by atoms with Gasteiger partial charge in [-0.2, -0.15) is 5.26 Å². The second-order valence-electron chi connectivity index (χ2n) is 6.18. The van der Waals surface area contributed by atoms with Crippen molar-refractivity contribution in [2.75, 3.05) is 20.8 Å². The minimum atomic E-state index is -2.10. The van der Waals surface area contributed by atoms with Crippen LogP contribution in [0.3, 0.4) is 0 Å². The Morgan fingerprint density at radius 1 is 1.30 bits per heavy atom. The second kappa shape index (κ2) is 13.4. The number of nitriles is 1. The van der Waals surface area contributed by atoms with Crippen LogP contribution in [-0.2, 0) is 15.7 Å². The lowest BCUT2D eigenvalue weighted by atomic mass is 9.93. The topological polar surface area (TPSA) is 132 Å². The predicted molar refractivity (Wildman–Crippen MR) is 103 cm³/mol. The molecule has 1 saturated heterocycles. The molecule has 1 fully saturated rings. The van der Waals surface area contributed by atoms with Crippen molar-refractivity contribution in [1.82, 2.24) is 5.32 Å². The summed E-state index contributed by atoms with van der Waals surface area (Å²) in [5.41, 5.74) is 1.80. The van der Waals surface area contributed by atoms with Gasteiger partial charge in [-0.1, -0.05) is 0 Å². The van der Waals surface area contributed by atoms with Crippen LogP contribution in [0.1, 0.15) is 44.2 Å². The Bertz CT molecular complexity index is 608. The second-order valence-corrected chi connectivity index (χ2v) is 7.06. The third-order valence-electron chi connectivity index (χ3n) is 3.64. The number of carbonyl (C=O) groups is 1. The Balaban J connectivity index is 0.000000432. The molecule has 152 valence electrons. The zero-order valence-corrected chi connectivity index (χ0v) is 17.1. The van der Waals surface area contributed by atoms with Crippen LogP contribution in [-0.4, -0.2) is 47.2 Å². The summed E-state index contributed by atoms with van der Waals surface area (Å²) < 4.78 is 9.74. The average Bonchev–Trinajstić information content (AvgIpc) is 3.14. The van der Waals surface area contributed by atoms with Gasteiger partial charge in [-0.25, -0.2) is 0 Å². The number of hydrogen-bond acceptors (Lipinski definition) is 7. The Kier molecular flexibility index (Phi) is 12.6. The number of ether oxygens (including phenoxy) is 1. The number of rotatable bonds is 1. The monoisotopic (exact) mass is 400 g/mol. The van der Waals surface area contributed by atoms with E-state index in [1.54, 1.807) is 6.07 Å². The van der Waals surface area contributed by atoms with Crippen LogP contribution in [0.25, 0.3) is 0 Å². The fourth-order valence-corrected chi connectivity index (χ4v) is 2.29. The SMILES string of the molecule is CC1(C)CCc2cc(C#N)ccc2O1.CO.COP(O)O.O=C1CCCN1. The number of aliphatic hydroxyl groups excluding tert-OH is 1. The van der Waals surface area contributed by atoms with E-state index in [4.69, 9.17) is 24.9 Å². The Hall–Kier alpha value is -1.75. The number of aryl methyl sites for hydroxylation is 1. The van der Waals surface area contributed by atoms with Crippen molar-refractivity contribution < 1.29 is 28.9 Å². The van der Waals surface area contributed by atoms with Crippen molar-refractivity contribution >= 4 is 14.5 Å². The van der Waals surface area contributed by atoms with Crippen LogP contribution in [0.2, 0.25) is 0 Å². The highest BCUT2D eigenvalue weighted by molar-refractivity contribution is 7.39. The lowest BCUT2D eigenvalue weighted by Gasteiger charge is -2.32. The molecule has 1 aromatic rings. The van der Waals surface area contributed by atoms with E-state index in [0.717, 1.165) is 50.7 Å². The Morgan fingerprint density at radius 2 is 1.93 bits per heavy atom. The zero-order chi connectivity index (χ0) is 20.9. The van der Waals surface area contributed by atoms with E-state index in [9.17, 15) is 4.79 Å². The van der Waals surface area contributed by atoms with Crippen LogP contribution in [0, 0.1) is 11.3 Å². The van der Waals surface area contributed by atoms with E-state index >= 15 is 0 Å². The number of carbonyl (C=O) groups excluding carboxylic acids is 1. The molecule has 27 heavy (non-hydrogen) atoms. The number of aliphatic hydroxyl groups is 1. The third kappa shape index (κ3) is 10.9. The minimum Gasteiger partial charge on any atom is -0.488 e. The largest absolute Gasteiger partial charge is 0.488 e. The van der Waals surface area contributed by atoms with Gasteiger partial charge in [0.05, 0.1) is 11.6 Å². The fourth-order valence-electron chi connectivity index (χ4n) is 2.29. The minimum absolute atomic E-state index is 0.0683. The van der Waals surface area contributed by atoms with E-state index in [1.807, 2.05) is 12.1 Å². The van der Waals surface area contributed by atoms with Crippen molar-refractivity contribution in [3.05, 3.63) is 29.3 Å². The first kappa shape index (κ1) is 25.2. The standard InChI is InChI=1S/C12H13NO.C4H7NO.CH5O3P.CH4O/c1-12(2)6-5-10-7-9(8-13)3-4-11(10)14-12;6-4-2-1-3-5-4;1-4-5(2)3;1-2/h3-4,7H,5-6H2,1-2H3;1-3H2,(H,5,6);2-3H,1H3;2H,1H3. The molecule has 2 aliphatic heterocycles. The molecule has 1 aromatic carbocycles. The average molecular weight is 400 g/mol. The molecule has 2 heterocycles. The third-order valence-corrected chi connectivity index (χ3v) is 3.96. The number of nitrogens with one attached hydrogen (secondary N) is 1. The molecule has 3 rings (SSSR count). The molecule has 0 aliphatic carbocycles. The maximum Gasteiger partial charge on any atom is 0.326 e. The number of fused-ring (bicyclic) bond motifs is 1. The van der Waals surface area contributed by atoms with E-state index < -0.39 is 8.60 Å². The highest BCUT2D eigenvalue weighted by atomic mass is 31.2. The molecule has 0 atom stereocenters. The van der Waals surface area contributed by atoms with E-state index in [1.165, 1.54) is 7.11 Å². The van der Waals surface area contributed by atoms with Gasteiger partial charge in [0.2, 0.25) is 5.91 Å². The summed E-state index contributed by atoms with van der Waals surface area (Å²) in [5.74, 6) is 1.13. The number of amides is 1. The molecule has 0 saturated carbocycles. The van der Waals surface area contributed by atoms with Crippen molar-refractivity contribution in [3.63, 3.8) is 0 Å². The van der Waals surface area contributed by atoms with Gasteiger partial charge in [0.1, 0.15) is 11.4 Å². The van der Waals surface area contributed by atoms with Gasteiger partial charge in [0.15, 0.2) is 0 Å². The summed E-state index contributed by atoms with van der Waals surface area (Å²) in [6.07, 6.45) is 3.77. The number of benzene rings is 1. The molecule has 0 spiro atoms. The fraction of sp³-hybridized carbons (Fsp3) is 0.556. The molecule has 0 aromatic heterocycles. The first-order chi connectivity index (χ1) is 12.8. The number of hydrogen-bond donors (Lipinski definition) is 4. The van der Waals surface area contributed by atoms with E-state index in [-0.39, 0.29) is 11.5 Å². The molecule has 0 bridgehead atoms. The van der Waals surface area contributed by atoms with Crippen LogP contribution in [0.15, 0.2) is 18.2 Å². The normalized spacial score (nSPS) is 15.9. The van der Waals surface area contributed by atoms with Crippen molar-refractivity contribution in [1.29, 1.82) is 5.26 Å². The highest BCUT2D eigenvalue weighted by Gasteiger charge is 2.26. The number of nitrogens with zero attached hydrogens (tertiary/aromatic N) is 1. The van der Waals surface area contributed by atoms with Crippen molar-refractivity contribution in [2.45, 2.75) is 45.1 Å². The van der Waals surface area contributed by atoms with Gasteiger partial charge in [0.25, 0.3) is 0 Å². The van der Waals surface area contributed by atoms with Gasteiger partial charge < -0.3 is 29.5 Å². The van der Waals surface area contributed by atoms with Gasteiger partial charge >= 0.3 is 8.60 Å². The smallest absolute Gasteiger partial charge is 0.326 e. The Morgan fingerprint density at radius 3 is 2.33 bits per heavy atom. The van der Waals surface area contributed by atoms with Crippen LogP contribution in [0.5, 0.6) is 5.75 Å². The lowest BCUT2D eigenvalue weighted by molar-refractivity contribution is -0.119. The summed E-state index contributed by atoms with van der Waals surface area (Å²) >= 11 is 0. The molecule has 2 aliphatic rings. The molecule has 0 unspecified atom stereocenters. The van der Waals surface area contributed by atoms with Gasteiger partial charge in [-0.3, -0.25) is 4.79 Å². The molecule has 0 radical (unpaired) electrons. The maximum atomic E-state index is 10.1. The van der Waals surface area contributed by atoms with Crippen LogP contribution in [0.4, 0.5) is 0 Å². The maximum absolute atomic E-state index is 10.1. The first-order valence-electron chi connectivity index (χ1n) is 8.43. The Labute approximate surface area is 161 Å². The highest BCUT2D eigenvalue weighted by Crippen LogP contribution is 2.33. The quantitative estimate of drug-likeness (QED) is 0.530. The van der Waals surface area contributed by atoms with Crippen molar-refractivity contribution in [2.24, 2.45) is 0 Å². The molecule has 4 N–H and O–H groups in total. The predicted octanol–water partition coefficient (Wildman–Crippen LogP) is 2.01. The molecule has 1 amide bonds. The molecular formula is C18H29N2O6P. The summed E-state index contributed by atoms with van der Waals surface area (Å²) in [7, 11) is 0.130. The summed E-state index contributed by atoms with van der Waals surface area (Å²) in [4.78, 5) is 25.7. The molecule has 9 heteroatoms. The van der Waals surface area contributed by atoms with Crippen molar-refractivity contribution in [3.8, 4) is 11.8 Å². The van der Waals surface area contributed by atoms with Gasteiger partial charge in [0, 0.05) is 27.2 Å². The molecule has 8 nitrogen and oxygen atoms in total. The van der Waals surface area contributed by atoms with Gasteiger partial charge in [-0.15, -0.1) is 0 Å². The van der Waals surface area contributed by atoms with E-state index in [0.29, 0.717) is 5.56 Å². The van der Waals surface area contributed by atoms with Crippen LogP contribution >= 0.6 is 8.60 Å². The van der Waals surface area contributed by atoms with E-state index in [2.05, 4.69) is 29.8 Å². The summed E-state index contributed by atoms with van der Waals surface area (Å²) in [5, 5.41) is 18.4. The first-order valence-corrected chi connectivity index (χ1v) is 9.59. The summed E-state index contributed by atoms with van der Waals surface area (Å²) in [6, 6.07) is 7.77. The zero-order valence-electron chi connectivity index (χ0n) is 16.2. The van der Waals surface area contributed by atoms with Crippen LogP contribution < -0.4 is 10.1 Å². The summed E-state index contributed by atoms with van der Waals surface area (Å²) in [6.45, 7) is 5.07. The molecular weight excluding hydrogens is 371 g/mol. The van der Waals surface area contributed by atoms with Gasteiger partial charge in [-0.05, 0) is 56.9 Å².